The molecule has 100 valence electrons. The highest BCUT2D eigenvalue weighted by Gasteiger charge is 2.22. The summed E-state index contributed by atoms with van der Waals surface area (Å²) < 4.78 is 5.96. The van der Waals surface area contributed by atoms with Crippen molar-refractivity contribution in [3.05, 3.63) is 29.8 Å². The second-order valence-corrected chi connectivity index (χ2v) is 5.52. The van der Waals surface area contributed by atoms with Crippen molar-refractivity contribution in [2.24, 2.45) is 0 Å². The Morgan fingerprint density at radius 1 is 1.17 bits per heavy atom. The fraction of sp³-hybridized carbons (Fsp3) is 0.625. The highest BCUT2D eigenvalue weighted by molar-refractivity contribution is 5.37. The van der Waals surface area contributed by atoms with E-state index in [2.05, 4.69) is 43.3 Å². The Kier molecular flexibility index (Phi) is 5.06. The van der Waals surface area contributed by atoms with E-state index >= 15 is 0 Å². The molecule has 1 aliphatic rings. The van der Waals surface area contributed by atoms with Crippen LogP contribution in [0.15, 0.2) is 24.3 Å². The van der Waals surface area contributed by atoms with E-state index in [1.54, 1.807) is 0 Å². The van der Waals surface area contributed by atoms with Gasteiger partial charge in [0.25, 0.3) is 0 Å². The smallest absolute Gasteiger partial charge is 0.122 e. The van der Waals surface area contributed by atoms with E-state index in [1.807, 2.05) is 0 Å². The number of para-hydroxylation sites is 1. The van der Waals surface area contributed by atoms with Crippen molar-refractivity contribution < 1.29 is 4.74 Å². The van der Waals surface area contributed by atoms with E-state index in [0.29, 0.717) is 0 Å². The number of rotatable bonds is 7. The van der Waals surface area contributed by atoms with Crippen LogP contribution in [-0.2, 0) is 0 Å². The molecule has 0 N–H and O–H groups in total. The van der Waals surface area contributed by atoms with Gasteiger partial charge in [0.2, 0.25) is 0 Å². The van der Waals surface area contributed by atoms with Crippen LogP contribution in [-0.4, -0.2) is 32.1 Å². The summed E-state index contributed by atoms with van der Waals surface area (Å²) in [5, 5.41) is 0. The zero-order valence-corrected chi connectivity index (χ0v) is 11.7. The van der Waals surface area contributed by atoms with Gasteiger partial charge in [-0.3, -0.25) is 0 Å². The summed E-state index contributed by atoms with van der Waals surface area (Å²) in [7, 11) is 4.24. The van der Waals surface area contributed by atoms with Crippen LogP contribution < -0.4 is 4.74 Å². The van der Waals surface area contributed by atoms with Crippen molar-refractivity contribution in [2.45, 2.75) is 38.0 Å². The van der Waals surface area contributed by atoms with Crippen LogP contribution in [0.1, 0.15) is 43.6 Å². The van der Waals surface area contributed by atoms with Gasteiger partial charge >= 0.3 is 0 Å². The van der Waals surface area contributed by atoms with Gasteiger partial charge in [-0.2, -0.15) is 0 Å². The molecule has 1 aliphatic carbocycles. The molecule has 0 bridgehead atoms. The molecule has 2 rings (SSSR count). The van der Waals surface area contributed by atoms with Crippen LogP contribution in [0.5, 0.6) is 5.75 Å². The average Bonchev–Trinajstić information content (AvgIpc) is 2.28. The van der Waals surface area contributed by atoms with E-state index in [1.165, 1.54) is 31.2 Å². The SMILES string of the molecule is CN(C)CCCCOc1ccccc1C1CCC1. The van der Waals surface area contributed by atoms with Crippen LogP contribution in [0.25, 0.3) is 0 Å². The van der Waals surface area contributed by atoms with Crippen LogP contribution in [0, 0.1) is 0 Å². The molecular formula is C16H25NO. The van der Waals surface area contributed by atoms with Gasteiger partial charge in [0, 0.05) is 0 Å². The third kappa shape index (κ3) is 3.74. The maximum absolute atomic E-state index is 5.96. The number of hydrogen-bond acceptors (Lipinski definition) is 2. The molecule has 0 aliphatic heterocycles. The van der Waals surface area contributed by atoms with Crippen molar-refractivity contribution in [3.63, 3.8) is 0 Å². The molecule has 0 radical (unpaired) electrons. The van der Waals surface area contributed by atoms with Crippen molar-refractivity contribution in [2.75, 3.05) is 27.2 Å². The minimum absolute atomic E-state index is 0.753. The van der Waals surface area contributed by atoms with Gasteiger partial charge < -0.3 is 9.64 Å². The Hall–Kier alpha value is -1.02. The Balaban J connectivity index is 1.78. The zero-order valence-electron chi connectivity index (χ0n) is 11.7. The second-order valence-electron chi connectivity index (χ2n) is 5.52. The first-order valence-electron chi connectivity index (χ1n) is 7.14. The molecule has 18 heavy (non-hydrogen) atoms. The number of nitrogens with zero attached hydrogens (tertiary/aromatic N) is 1. The van der Waals surface area contributed by atoms with Crippen molar-refractivity contribution >= 4 is 0 Å². The third-order valence-electron chi connectivity index (χ3n) is 3.72. The molecule has 0 heterocycles. The summed E-state index contributed by atoms with van der Waals surface area (Å²) in [5.74, 6) is 1.87. The minimum Gasteiger partial charge on any atom is -0.493 e. The molecule has 2 nitrogen and oxygen atoms in total. The van der Waals surface area contributed by atoms with Gasteiger partial charge in [-0.05, 0) is 63.9 Å². The quantitative estimate of drug-likeness (QED) is 0.682. The van der Waals surface area contributed by atoms with E-state index in [9.17, 15) is 0 Å². The molecule has 0 amide bonds. The van der Waals surface area contributed by atoms with Crippen LogP contribution in [0.3, 0.4) is 0 Å². The van der Waals surface area contributed by atoms with Crippen molar-refractivity contribution in [1.82, 2.24) is 4.90 Å². The van der Waals surface area contributed by atoms with Gasteiger partial charge in [-0.15, -0.1) is 0 Å². The summed E-state index contributed by atoms with van der Waals surface area (Å²) in [5.41, 5.74) is 1.43. The Morgan fingerprint density at radius 3 is 2.61 bits per heavy atom. The lowest BCUT2D eigenvalue weighted by Crippen LogP contribution is -2.14. The Bertz CT molecular complexity index is 358. The number of unbranched alkanes of at least 4 members (excludes halogenated alkanes) is 1. The lowest BCUT2D eigenvalue weighted by atomic mass is 9.80. The first-order valence-corrected chi connectivity index (χ1v) is 7.14. The molecule has 2 heteroatoms. The number of benzene rings is 1. The Labute approximate surface area is 111 Å². The molecule has 1 saturated carbocycles. The van der Waals surface area contributed by atoms with Gasteiger partial charge in [0.15, 0.2) is 0 Å². The summed E-state index contributed by atoms with van der Waals surface area (Å²) >= 11 is 0. The van der Waals surface area contributed by atoms with E-state index in [4.69, 9.17) is 4.74 Å². The van der Waals surface area contributed by atoms with E-state index < -0.39 is 0 Å². The van der Waals surface area contributed by atoms with Gasteiger partial charge in [0.05, 0.1) is 6.61 Å². The third-order valence-corrected chi connectivity index (χ3v) is 3.72. The monoisotopic (exact) mass is 247 g/mol. The topological polar surface area (TPSA) is 12.5 Å². The lowest BCUT2D eigenvalue weighted by molar-refractivity contribution is 0.284. The molecule has 0 saturated heterocycles. The highest BCUT2D eigenvalue weighted by atomic mass is 16.5. The fourth-order valence-corrected chi connectivity index (χ4v) is 2.38. The average molecular weight is 247 g/mol. The maximum Gasteiger partial charge on any atom is 0.122 e. The van der Waals surface area contributed by atoms with E-state index in [0.717, 1.165) is 31.2 Å². The summed E-state index contributed by atoms with van der Waals surface area (Å²) in [6, 6.07) is 8.57. The summed E-state index contributed by atoms with van der Waals surface area (Å²) in [4.78, 5) is 2.22. The zero-order chi connectivity index (χ0) is 12.8. The summed E-state index contributed by atoms with van der Waals surface area (Å²) in [6.07, 6.45) is 6.39. The highest BCUT2D eigenvalue weighted by Crippen LogP contribution is 2.40. The Morgan fingerprint density at radius 2 is 1.94 bits per heavy atom. The first-order chi connectivity index (χ1) is 8.77. The second kappa shape index (κ2) is 6.79. The van der Waals surface area contributed by atoms with Crippen LogP contribution in [0.4, 0.5) is 0 Å². The number of hydrogen-bond donors (Lipinski definition) is 0. The van der Waals surface area contributed by atoms with Crippen LogP contribution >= 0.6 is 0 Å². The molecule has 1 aromatic carbocycles. The van der Waals surface area contributed by atoms with Crippen molar-refractivity contribution in [1.29, 1.82) is 0 Å². The van der Waals surface area contributed by atoms with E-state index in [-0.39, 0.29) is 0 Å². The largest absolute Gasteiger partial charge is 0.493 e. The first kappa shape index (κ1) is 13.4. The summed E-state index contributed by atoms with van der Waals surface area (Å²) in [6.45, 7) is 1.99. The molecule has 0 spiro atoms. The standard InChI is InChI=1S/C16H25NO/c1-17(2)12-5-6-13-18-16-11-4-3-10-15(16)14-8-7-9-14/h3-4,10-11,14H,5-9,12-13H2,1-2H3. The molecular weight excluding hydrogens is 222 g/mol. The maximum atomic E-state index is 5.96. The molecule has 1 fully saturated rings. The van der Waals surface area contributed by atoms with Crippen LogP contribution in [0.2, 0.25) is 0 Å². The lowest BCUT2D eigenvalue weighted by Gasteiger charge is -2.27. The molecule has 1 aromatic rings. The molecule has 0 unspecified atom stereocenters. The minimum atomic E-state index is 0.753. The van der Waals surface area contributed by atoms with Crippen molar-refractivity contribution in [3.8, 4) is 5.75 Å². The van der Waals surface area contributed by atoms with Gasteiger partial charge in [-0.25, -0.2) is 0 Å². The van der Waals surface area contributed by atoms with Gasteiger partial charge in [-0.1, -0.05) is 24.6 Å². The fourth-order valence-electron chi connectivity index (χ4n) is 2.38. The predicted octanol–water partition coefficient (Wildman–Crippen LogP) is 3.67. The van der Waals surface area contributed by atoms with Gasteiger partial charge in [0.1, 0.15) is 5.75 Å². The molecule has 0 atom stereocenters. The number of ether oxygens (including phenoxy) is 1. The predicted molar refractivity (Wildman–Crippen MR) is 76.3 cm³/mol. The normalized spacial score (nSPS) is 15.7. The molecule has 0 aromatic heterocycles.